The molecule has 5 heteroatoms. The second kappa shape index (κ2) is 6.45. The Bertz CT molecular complexity index is 262. The molecule has 0 rings (SSSR count). The molecule has 2 atom stereocenters. The molecule has 2 N–H and O–H groups in total. The maximum Gasteiger partial charge on any atom is 0.148 e. The zero-order valence-corrected chi connectivity index (χ0v) is 10.8. The molecule has 0 aliphatic heterocycles. The van der Waals surface area contributed by atoms with E-state index in [1.54, 1.807) is 0 Å². The van der Waals surface area contributed by atoms with Crippen molar-refractivity contribution in [3.63, 3.8) is 0 Å². The van der Waals surface area contributed by atoms with E-state index >= 15 is 0 Å². The lowest BCUT2D eigenvalue weighted by atomic mass is 10.1. The number of nitrogens with one attached hydrogen (secondary N) is 1. The first-order chi connectivity index (χ1) is 6.70. The number of hydrogen-bond acceptors (Lipinski definition) is 4. The van der Waals surface area contributed by atoms with Gasteiger partial charge >= 0.3 is 0 Å². The van der Waals surface area contributed by atoms with Crippen LogP contribution in [0.4, 0.5) is 0 Å². The molecule has 0 aliphatic carbocycles. The zero-order chi connectivity index (χ0) is 12.1. The standard InChI is InChI=1S/C10H23NO3S/c1-8(2)5-10(12)6-11-9(3)7-15(4,13)14/h8-12H,5-7H2,1-4H3. The van der Waals surface area contributed by atoms with Gasteiger partial charge in [0, 0.05) is 18.8 Å². The smallest absolute Gasteiger partial charge is 0.148 e. The van der Waals surface area contributed by atoms with Gasteiger partial charge < -0.3 is 10.4 Å². The molecule has 0 amide bonds. The fourth-order valence-electron chi connectivity index (χ4n) is 1.48. The van der Waals surface area contributed by atoms with E-state index in [-0.39, 0.29) is 11.8 Å². The van der Waals surface area contributed by atoms with E-state index in [1.807, 2.05) is 20.8 Å². The first-order valence-corrected chi connectivity index (χ1v) is 7.36. The summed E-state index contributed by atoms with van der Waals surface area (Å²) in [5.41, 5.74) is 0. The van der Waals surface area contributed by atoms with Crippen LogP contribution in [-0.4, -0.2) is 44.2 Å². The summed E-state index contributed by atoms with van der Waals surface area (Å²) in [5, 5.41) is 12.6. The van der Waals surface area contributed by atoms with Crippen molar-refractivity contribution < 1.29 is 13.5 Å². The van der Waals surface area contributed by atoms with Crippen molar-refractivity contribution in [2.45, 2.75) is 39.3 Å². The van der Waals surface area contributed by atoms with E-state index in [0.717, 1.165) is 6.42 Å². The highest BCUT2D eigenvalue weighted by Crippen LogP contribution is 2.03. The first-order valence-electron chi connectivity index (χ1n) is 5.30. The summed E-state index contributed by atoms with van der Waals surface area (Å²) in [5.74, 6) is 0.563. The highest BCUT2D eigenvalue weighted by Gasteiger charge is 2.12. The van der Waals surface area contributed by atoms with Crippen LogP contribution in [0.15, 0.2) is 0 Å². The largest absolute Gasteiger partial charge is 0.392 e. The summed E-state index contributed by atoms with van der Waals surface area (Å²) in [6.45, 7) is 6.35. The lowest BCUT2D eigenvalue weighted by Gasteiger charge is -2.17. The van der Waals surface area contributed by atoms with Crippen molar-refractivity contribution in [2.24, 2.45) is 5.92 Å². The molecule has 15 heavy (non-hydrogen) atoms. The van der Waals surface area contributed by atoms with Crippen LogP contribution in [0.5, 0.6) is 0 Å². The van der Waals surface area contributed by atoms with Crippen molar-refractivity contribution in [2.75, 3.05) is 18.6 Å². The molecule has 2 unspecified atom stereocenters. The van der Waals surface area contributed by atoms with Crippen LogP contribution in [0.1, 0.15) is 27.2 Å². The molecular weight excluding hydrogens is 214 g/mol. The van der Waals surface area contributed by atoms with Gasteiger partial charge in [0.25, 0.3) is 0 Å². The summed E-state index contributed by atoms with van der Waals surface area (Å²) in [6, 6.07) is -0.109. The number of rotatable bonds is 7. The monoisotopic (exact) mass is 237 g/mol. The molecular formula is C10H23NO3S. The third-order valence-corrected chi connectivity index (χ3v) is 3.10. The minimum Gasteiger partial charge on any atom is -0.392 e. The molecule has 0 saturated carbocycles. The van der Waals surface area contributed by atoms with Crippen LogP contribution >= 0.6 is 0 Å². The number of sulfone groups is 1. The lowest BCUT2D eigenvalue weighted by Crippen LogP contribution is -2.38. The normalized spacial score (nSPS) is 16.7. The van der Waals surface area contributed by atoms with Gasteiger partial charge in [-0.05, 0) is 19.3 Å². The summed E-state index contributed by atoms with van der Waals surface area (Å²) >= 11 is 0. The predicted octanol–water partition coefficient (Wildman–Crippen LogP) is 0.416. The maximum absolute atomic E-state index is 11.0. The van der Waals surface area contributed by atoms with E-state index in [4.69, 9.17) is 0 Å². The van der Waals surface area contributed by atoms with Crippen molar-refractivity contribution >= 4 is 9.84 Å². The Labute approximate surface area is 93.0 Å². The molecule has 0 fully saturated rings. The molecule has 4 nitrogen and oxygen atoms in total. The summed E-state index contributed by atoms with van der Waals surface area (Å²) in [6.07, 6.45) is 1.56. The molecule has 0 aliphatic rings. The van der Waals surface area contributed by atoms with Gasteiger partial charge in [-0.15, -0.1) is 0 Å². The van der Waals surface area contributed by atoms with E-state index in [9.17, 15) is 13.5 Å². The van der Waals surface area contributed by atoms with Crippen LogP contribution in [-0.2, 0) is 9.84 Å². The Morgan fingerprint density at radius 2 is 1.80 bits per heavy atom. The van der Waals surface area contributed by atoms with Gasteiger partial charge in [-0.25, -0.2) is 8.42 Å². The van der Waals surface area contributed by atoms with Crippen LogP contribution in [0.2, 0.25) is 0 Å². The molecule has 0 radical (unpaired) electrons. The Balaban J connectivity index is 3.76. The highest BCUT2D eigenvalue weighted by molar-refractivity contribution is 7.90. The Morgan fingerprint density at radius 1 is 1.27 bits per heavy atom. The van der Waals surface area contributed by atoms with Crippen LogP contribution in [0.3, 0.4) is 0 Å². The van der Waals surface area contributed by atoms with Gasteiger partial charge in [-0.2, -0.15) is 0 Å². The van der Waals surface area contributed by atoms with Crippen molar-refractivity contribution in [3.8, 4) is 0 Å². The third kappa shape index (κ3) is 10.2. The van der Waals surface area contributed by atoms with E-state index in [1.165, 1.54) is 6.26 Å². The number of aliphatic hydroxyl groups excluding tert-OH is 1. The summed E-state index contributed by atoms with van der Waals surface area (Å²) in [7, 11) is -2.94. The Hall–Kier alpha value is -0.130. The van der Waals surface area contributed by atoms with Gasteiger partial charge in [0.15, 0.2) is 0 Å². The first kappa shape index (κ1) is 14.9. The van der Waals surface area contributed by atoms with Gasteiger partial charge in [-0.1, -0.05) is 13.8 Å². The van der Waals surface area contributed by atoms with Crippen molar-refractivity contribution in [1.82, 2.24) is 5.32 Å². The molecule has 0 spiro atoms. The zero-order valence-electron chi connectivity index (χ0n) is 10.0. The molecule has 0 bridgehead atoms. The minimum absolute atomic E-state index is 0.109. The molecule has 92 valence electrons. The quantitative estimate of drug-likeness (QED) is 0.673. The average molecular weight is 237 g/mol. The third-order valence-electron chi connectivity index (χ3n) is 2.00. The summed E-state index contributed by atoms with van der Waals surface area (Å²) in [4.78, 5) is 0. The molecule has 0 heterocycles. The van der Waals surface area contributed by atoms with E-state index in [0.29, 0.717) is 12.5 Å². The lowest BCUT2D eigenvalue weighted by molar-refractivity contribution is 0.144. The number of hydrogen-bond donors (Lipinski definition) is 2. The van der Waals surface area contributed by atoms with E-state index in [2.05, 4.69) is 5.32 Å². The second-order valence-electron chi connectivity index (χ2n) is 4.69. The molecule has 0 aromatic heterocycles. The topological polar surface area (TPSA) is 66.4 Å². The predicted molar refractivity (Wildman–Crippen MR) is 62.6 cm³/mol. The second-order valence-corrected chi connectivity index (χ2v) is 6.87. The molecule has 0 aromatic rings. The highest BCUT2D eigenvalue weighted by atomic mass is 32.2. The maximum atomic E-state index is 11.0. The number of aliphatic hydroxyl groups is 1. The Kier molecular flexibility index (Phi) is 6.40. The average Bonchev–Trinajstić information content (AvgIpc) is 1.96. The van der Waals surface area contributed by atoms with Gasteiger partial charge in [0.05, 0.1) is 11.9 Å². The SMILES string of the molecule is CC(C)CC(O)CNC(C)CS(C)(=O)=O. The molecule has 0 aromatic carbocycles. The van der Waals surface area contributed by atoms with Crippen LogP contribution in [0.25, 0.3) is 0 Å². The van der Waals surface area contributed by atoms with Crippen LogP contribution < -0.4 is 5.32 Å². The van der Waals surface area contributed by atoms with Gasteiger partial charge in [0.1, 0.15) is 9.84 Å². The fraction of sp³-hybridized carbons (Fsp3) is 1.00. The minimum atomic E-state index is -2.94. The Morgan fingerprint density at radius 3 is 2.20 bits per heavy atom. The van der Waals surface area contributed by atoms with Crippen molar-refractivity contribution in [3.05, 3.63) is 0 Å². The fourth-order valence-corrected chi connectivity index (χ4v) is 2.50. The van der Waals surface area contributed by atoms with Crippen molar-refractivity contribution in [1.29, 1.82) is 0 Å². The van der Waals surface area contributed by atoms with Crippen LogP contribution in [0, 0.1) is 5.92 Å². The summed E-state index contributed by atoms with van der Waals surface area (Å²) < 4.78 is 21.9. The van der Waals surface area contributed by atoms with E-state index < -0.39 is 15.9 Å². The molecule has 0 saturated heterocycles. The van der Waals surface area contributed by atoms with Gasteiger partial charge in [0.2, 0.25) is 0 Å². The van der Waals surface area contributed by atoms with Gasteiger partial charge in [-0.3, -0.25) is 0 Å².